The highest BCUT2D eigenvalue weighted by Crippen LogP contribution is 2.24. The van der Waals surface area contributed by atoms with Gasteiger partial charge >= 0.3 is 5.97 Å². The van der Waals surface area contributed by atoms with Gasteiger partial charge in [-0.25, -0.2) is 4.79 Å². The van der Waals surface area contributed by atoms with Crippen molar-refractivity contribution >= 4 is 18.1 Å². The second-order valence-electron chi connectivity index (χ2n) is 4.88. The molecule has 0 fully saturated rings. The predicted molar refractivity (Wildman–Crippen MR) is 89.8 cm³/mol. The molecule has 3 aromatic rings. The molecular weight excluding hydrogens is 288 g/mol. The van der Waals surface area contributed by atoms with Crippen molar-refractivity contribution in [2.24, 2.45) is 0 Å². The molecule has 0 radical (unpaired) electrons. The average Bonchev–Trinajstić information content (AvgIpc) is 2.61. The van der Waals surface area contributed by atoms with Crippen LogP contribution in [0.1, 0.15) is 21.5 Å². The van der Waals surface area contributed by atoms with Crippen molar-refractivity contribution in [2.75, 3.05) is 0 Å². The van der Waals surface area contributed by atoms with E-state index in [4.69, 9.17) is 0 Å². The fourth-order valence-electron chi connectivity index (χ4n) is 2.28. The van der Waals surface area contributed by atoms with Crippen LogP contribution in [0.2, 0.25) is 0 Å². The van der Waals surface area contributed by atoms with Gasteiger partial charge in [-0.3, -0.25) is 9.97 Å². The van der Waals surface area contributed by atoms with Gasteiger partial charge in [0.25, 0.3) is 0 Å². The van der Waals surface area contributed by atoms with Crippen LogP contribution in [0.25, 0.3) is 23.5 Å². The molecule has 0 unspecified atom stereocenters. The summed E-state index contributed by atoms with van der Waals surface area (Å²) >= 11 is 0. The molecule has 0 aliphatic carbocycles. The first kappa shape index (κ1) is 14.7. The number of aromatic carboxylic acids is 1. The number of carboxylic acid groups (broad SMARTS) is 1. The lowest BCUT2D eigenvalue weighted by molar-refractivity contribution is 0.0696. The van der Waals surface area contributed by atoms with E-state index in [0.717, 1.165) is 5.56 Å². The minimum absolute atomic E-state index is 0.202. The average molecular weight is 302 g/mol. The number of nitrogens with zero attached hydrogens (tertiary/aromatic N) is 2. The van der Waals surface area contributed by atoms with E-state index < -0.39 is 5.97 Å². The van der Waals surface area contributed by atoms with Gasteiger partial charge in [0.2, 0.25) is 0 Å². The predicted octanol–water partition coefficient (Wildman–Crippen LogP) is 4.01. The monoisotopic (exact) mass is 302 g/mol. The minimum atomic E-state index is -0.989. The van der Waals surface area contributed by atoms with Crippen LogP contribution in [0.4, 0.5) is 0 Å². The SMILES string of the molecule is O=C(O)c1ccnc(-c2ccccn2)c1C=Cc1ccccc1. The van der Waals surface area contributed by atoms with Crippen molar-refractivity contribution in [1.82, 2.24) is 9.97 Å². The van der Waals surface area contributed by atoms with Crippen LogP contribution in [0, 0.1) is 0 Å². The highest BCUT2D eigenvalue weighted by atomic mass is 16.4. The van der Waals surface area contributed by atoms with Crippen LogP contribution in [0.15, 0.2) is 67.0 Å². The maximum Gasteiger partial charge on any atom is 0.336 e. The molecule has 4 nitrogen and oxygen atoms in total. The Morgan fingerprint density at radius 2 is 1.65 bits per heavy atom. The minimum Gasteiger partial charge on any atom is -0.478 e. The van der Waals surface area contributed by atoms with E-state index in [2.05, 4.69) is 9.97 Å². The first-order chi connectivity index (χ1) is 11.3. The molecule has 2 aromatic heterocycles. The van der Waals surface area contributed by atoms with E-state index in [1.165, 1.54) is 12.3 Å². The lowest BCUT2D eigenvalue weighted by Gasteiger charge is -2.08. The van der Waals surface area contributed by atoms with Gasteiger partial charge in [-0.15, -0.1) is 0 Å². The van der Waals surface area contributed by atoms with E-state index >= 15 is 0 Å². The van der Waals surface area contributed by atoms with E-state index in [1.807, 2.05) is 54.6 Å². The molecule has 0 aliphatic rings. The highest BCUT2D eigenvalue weighted by Gasteiger charge is 2.14. The third-order valence-electron chi connectivity index (χ3n) is 3.37. The van der Waals surface area contributed by atoms with E-state index in [-0.39, 0.29) is 5.56 Å². The lowest BCUT2D eigenvalue weighted by Crippen LogP contribution is -2.03. The van der Waals surface area contributed by atoms with Gasteiger partial charge in [-0.1, -0.05) is 48.6 Å². The van der Waals surface area contributed by atoms with Crippen molar-refractivity contribution in [3.63, 3.8) is 0 Å². The zero-order chi connectivity index (χ0) is 16.1. The maximum atomic E-state index is 11.5. The van der Waals surface area contributed by atoms with Crippen molar-refractivity contribution in [2.45, 2.75) is 0 Å². The third-order valence-corrected chi connectivity index (χ3v) is 3.37. The zero-order valence-electron chi connectivity index (χ0n) is 12.3. The van der Waals surface area contributed by atoms with E-state index in [0.29, 0.717) is 17.0 Å². The maximum absolute atomic E-state index is 11.5. The fourth-order valence-corrected chi connectivity index (χ4v) is 2.28. The Bertz CT molecular complexity index is 844. The third kappa shape index (κ3) is 3.32. The van der Waals surface area contributed by atoms with Crippen LogP contribution in [-0.2, 0) is 0 Å². The summed E-state index contributed by atoms with van der Waals surface area (Å²) in [5, 5.41) is 9.45. The number of hydrogen-bond donors (Lipinski definition) is 1. The Labute approximate surface area is 133 Å². The molecule has 1 aromatic carbocycles. The number of pyridine rings is 2. The zero-order valence-corrected chi connectivity index (χ0v) is 12.3. The van der Waals surface area contributed by atoms with Gasteiger partial charge in [0.05, 0.1) is 17.0 Å². The number of aromatic nitrogens is 2. The summed E-state index contributed by atoms with van der Waals surface area (Å²) in [6.07, 6.45) is 6.80. The van der Waals surface area contributed by atoms with Crippen molar-refractivity contribution in [3.05, 3.63) is 83.7 Å². The molecular formula is C19H14N2O2. The fraction of sp³-hybridized carbons (Fsp3) is 0. The molecule has 112 valence electrons. The molecule has 0 atom stereocenters. The standard InChI is InChI=1S/C19H14N2O2/c22-19(23)16-11-13-21-18(17-8-4-5-12-20-17)15(16)10-9-14-6-2-1-3-7-14/h1-13H,(H,22,23). The summed E-state index contributed by atoms with van der Waals surface area (Å²) in [4.78, 5) is 20.1. The molecule has 2 heterocycles. The van der Waals surface area contributed by atoms with Gasteiger partial charge in [-0.2, -0.15) is 0 Å². The largest absolute Gasteiger partial charge is 0.478 e. The van der Waals surface area contributed by atoms with Crippen LogP contribution < -0.4 is 0 Å². The molecule has 1 N–H and O–H groups in total. The van der Waals surface area contributed by atoms with Crippen molar-refractivity contribution < 1.29 is 9.90 Å². The number of carboxylic acids is 1. The molecule has 0 aliphatic heterocycles. The van der Waals surface area contributed by atoms with E-state index in [1.54, 1.807) is 12.3 Å². The number of hydrogen-bond acceptors (Lipinski definition) is 3. The van der Waals surface area contributed by atoms with Crippen molar-refractivity contribution in [1.29, 1.82) is 0 Å². The summed E-state index contributed by atoms with van der Waals surface area (Å²) in [5.41, 5.74) is 2.93. The first-order valence-corrected chi connectivity index (χ1v) is 7.12. The van der Waals surface area contributed by atoms with Gasteiger partial charge in [0, 0.05) is 18.0 Å². The van der Waals surface area contributed by atoms with Crippen LogP contribution >= 0.6 is 0 Å². The smallest absolute Gasteiger partial charge is 0.336 e. The Hall–Kier alpha value is -3.27. The van der Waals surface area contributed by atoms with Gasteiger partial charge in [0.15, 0.2) is 0 Å². The Morgan fingerprint density at radius 3 is 2.35 bits per heavy atom. The van der Waals surface area contributed by atoms with Crippen molar-refractivity contribution in [3.8, 4) is 11.4 Å². The molecule has 0 saturated heterocycles. The molecule has 4 heteroatoms. The molecule has 0 spiro atoms. The first-order valence-electron chi connectivity index (χ1n) is 7.12. The molecule has 3 rings (SSSR count). The summed E-state index contributed by atoms with van der Waals surface area (Å²) in [5.74, 6) is -0.989. The summed E-state index contributed by atoms with van der Waals surface area (Å²) in [6.45, 7) is 0. The summed E-state index contributed by atoms with van der Waals surface area (Å²) in [6, 6.07) is 16.7. The van der Waals surface area contributed by atoms with Crippen LogP contribution in [0.3, 0.4) is 0 Å². The molecule has 0 bridgehead atoms. The van der Waals surface area contributed by atoms with Gasteiger partial charge in [0.1, 0.15) is 0 Å². The molecule has 23 heavy (non-hydrogen) atoms. The Morgan fingerprint density at radius 1 is 0.870 bits per heavy atom. The Kier molecular flexibility index (Phi) is 4.25. The second-order valence-corrected chi connectivity index (χ2v) is 4.88. The summed E-state index contributed by atoms with van der Waals surface area (Å²) < 4.78 is 0. The second kappa shape index (κ2) is 6.66. The quantitative estimate of drug-likeness (QED) is 0.791. The number of carbonyl (C=O) groups is 1. The normalized spacial score (nSPS) is 10.8. The number of benzene rings is 1. The topological polar surface area (TPSA) is 63.1 Å². The molecule has 0 amide bonds. The Balaban J connectivity index is 2.13. The molecule has 0 saturated carbocycles. The van der Waals surface area contributed by atoms with E-state index in [9.17, 15) is 9.90 Å². The highest BCUT2D eigenvalue weighted by molar-refractivity contribution is 5.96. The van der Waals surface area contributed by atoms with Crippen LogP contribution in [0.5, 0.6) is 0 Å². The summed E-state index contributed by atoms with van der Waals surface area (Å²) in [7, 11) is 0. The van der Waals surface area contributed by atoms with Gasteiger partial charge < -0.3 is 5.11 Å². The lowest BCUT2D eigenvalue weighted by atomic mass is 10.0. The number of rotatable bonds is 4. The van der Waals surface area contributed by atoms with Gasteiger partial charge in [-0.05, 0) is 23.8 Å². The van der Waals surface area contributed by atoms with Crippen LogP contribution in [-0.4, -0.2) is 21.0 Å².